The number of nitro groups is 1. The molecule has 4 rings (SSSR count). The van der Waals surface area contributed by atoms with Crippen LogP contribution >= 0.6 is 0 Å². The first-order valence-corrected chi connectivity index (χ1v) is 10.4. The maximum atomic E-state index is 12.7. The minimum absolute atomic E-state index is 0.0626. The number of anilines is 2. The second-order valence-electron chi connectivity index (χ2n) is 8.01. The van der Waals surface area contributed by atoms with E-state index < -0.39 is 4.92 Å². The lowest BCUT2D eigenvalue weighted by atomic mass is 10.1. The predicted molar refractivity (Wildman–Crippen MR) is 117 cm³/mol. The van der Waals surface area contributed by atoms with E-state index in [1.54, 1.807) is 12.1 Å². The number of likely N-dealkylation sites (N-methyl/N-ethyl adjacent to an activating group) is 1. The number of nitrogens with zero attached hydrogens (tertiary/aromatic N) is 3. The van der Waals surface area contributed by atoms with Crippen LogP contribution in [-0.4, -0.2) is 55.0 Å². The van der Waals surface area contributed by atoms with E-state index >= 15 is 0 Å². The number of carbonyl (C=O) groups is 1. The zero-order valence-corrected chi connectivity index (χ0v) is 17.1. The Labute approximate surface area is 176 Å². The molecule has 0 unspecified atom stereocenters. The summed E-state index contributed by atoms with van der Waals surface area (Å²) in [6.07, 6.45) is 2.04. The number of rotatable bonds is 7. The number of nitro benzene ring substituents is 1. The van der Waals surface area contributed by atoms with Crippen LogP contribution < -0.4 is 15.5 Å². The number of hydrogen-bond donors (Lipinski definition) is 2. The first-order valence-electron chi connectivity index (χ1n) is 10.4. The van der Waals surface area contributed by atoms with E-state index in [1.165, 1.54) is 6.07 Å². The van der Waals surface area contributed by atoms with Crippen LogP contribution in [0, 0.1) is 10.1 Å². The second-order valence-corrected chi connectivity index (χ2v) is 8.01. The lowest BCUT2D eigenvalue weighted by Gasteiger charge is -2.35. The van der Waals surface area contributed by atoms with Crippen molar-refractivity contribution in [2.45, 2.75) is 25.4 Å². The molecule has 0 aromatic heterocycles. The van der Waals surface area contributed by atoms with E-state index in [0.29, 0.717) is 23.8 Å². The largest absolute Gasteiger partial charge is 0.377 e. The third-order valence-electron chi connectivity index (χ3n) is 5.67. The highest BCUT2D eigenvalue weighted by Gasteiger charge is 2.25. The van der Waals surface area contributed by atoms with Crippen molar-refractivity contribution < 1.29 is 9.72 Å². The SMILES string of the molecule is CN1CCN(c2ccccc2CNC(=O)c2ccc(NC3CC3)c([N+](=O)[O-])c2)CC1. The Hall–Kier alpha value is -3.13. The van der Waals surface area contributed by atoms with Gasteiger partial charge < -0.3 is 20.4 Å². The van der Waals surface area contributed by atoms with E-state index in [4.69, 9.17) is 0 Å². The molecule has 8 nitrogen and oxygen atoms in total. The van der Waals surface area contributed by atoms with Crippen LogP contribution in [0.1, 0.15) is 28.8 Å². The summed E-state index contributed by atoms with van der Waals surface area (Å²) in [6, 6.07) is 13.0. The standard InChI is InChI=1S/C22H27N5O3/c1-25-10-12-26(13-11-25)20-5-3-2-4-17(20)15-23-22(28)16-6-9-19(24-18-7-8-18)21(14-16)27(29)30/h2-6,9,14,18,24H,7-8,10-13,15H2,1H3,(H,23,28). The fourth-order valence-corrected chi connectivity index (χ4v) is 3.69. The molecule has 1 saturated carbocycles. The Kier molecular flexibility index (Phi) is 5.85. The molecule has 8 heteroatoms. The summed E-state index contributed by atoms with van der Waals surface area (Å²) >= 11 is 0. The molecule has 2 aliphatic rings. The molecule has 2 aromatic carbocycles. The fourth-order valence-electron chi connectivity index (χ4n) is 3.69. The van der Waals surface area contributed by atoms with Crippen molar-refractivity contribution in [3.8, 4) is 0 Å². The highest BCUT2D eigenvalue weighted by atomic mass is 16.6. The van der Waals surface area contributed by atoms with Gasteiger partial charge in [-0.2, -0.15) is 0 Å². The van der Waals surface area contributed by atoms with Crippen LogP contribution in [-0.2, 0) is 6.54 Å². The number of amides is 1. The topological polar surface area (TPSA) is 90.8 Å². The van der Waals surface area contributed by atoms with Crippen LogP contribution in [0.25, 0.3) is 0 Å². The van der Waals surface area contributed by atoms with Gasteiger partial charge in [-0.3, -0.25) is 14.9 Å². The Morgan fingerprint density at radius 2 is 1.87 bits per heavy atom. The highest BCUT2D eigenvalue weighted by Crippen LogP contribution is 2.31. The molecule has 1 heterocycles. The summed E-state index contributed by atoms with van der Waals surface area (Å²) in [4.78, 5) is 28.3. The average Bonchev–Trinajstić information content (AvgIpc) is 3.57. The molecule has 1 amide bonds. The third kappa shape index (κ3) is 4.71. The number of piperazine rings is 1. The van der Waals surface area contributed by atoms with Gasteiger partial charge in [-0.15, -0.1) is 0 Å². The van der Waals surface area contributed by atoms with Crippen LogP contribution in [0.4, 0.5) is 17.1 Å². The van der Waals surface area contributed by atoms with Gasteiger partial charge in [0.25, 0.3) is 11.6 Å². The van der Waals surface area contributed by atoms with Crippen molar-refractivity contribution in [1.82, 2.24) is 10.2 Å². The first-order chi connectivity index (χ1) is 14.5. The van der Waals surface area contributed by atoms with Gasteiger partial charge in [-0.1, -0.05) is 18.2 Å². The molecule has 0 atom stereocenters. The second kappa shape index (κ2) is 8.71. The molecule has 30 heavy (non-hydrogen) atoms. The van der Waals surface area contributed by atoms with Gasteiger partial charge in [0.2, 0.25) is 0 Å². The van der Waals surface area contributed by atoms with Crippen molar-refractivity contribution in [2.24, 2.45) is 0 Å². The van der Waals surface area contributed by atoms with Gasteiger partial charge in [0.15, 0.2) is 0 Å². The first kappa shape index (κ1) is 20.2. The molecule has 158 valence electrons. The Morgan fingerprint density at radius 1 is 1.13 bits per heavy atom. The Balaban J connectivity index is 1.45. The predicted octanol–water partition coefficient (Wildman–Crippen LogP) is 2.85. The number of nitrogens with one attached hydrogen (secondary N) is 2. The summed E-state index contributed by atoms with van der Waals surface area (Å²) in [5.74, 6) is -0.316. The van der Waals surface area contributed by atoms with Gasteiger partial charge >= 0.3 is 0 Å². The molecular weight excluding hydrogens is 382 g/mol. The van der Waals surface area contributed by atoms with E-state index in [-0.39, 0.29) is 11.6 Å². The summed E-state index contributed by atoms with van der Waals surface area (Å²) in [6.45, 7) is 4.28. The van der Waals surface area contributed by atoms with E-state index in [2.05, 4.69) is 33.5 Å². The lowest BCUT2D eigenvalue weighted by molar-refractivity contribution is -0.384. The zero-order valence-electron chi connectivity index (χ0n) is 17.1. The minimum Gasteiger partial charge on any atom is -0.377 e. The van der Waals surface area contributed by atoms with E-state index in [0.717, 1.165) is 50.3 Å². The van der Waals surface area contributed by atoms with Crippen molar-refractivity contribution in [2.75, 3.05) is 43.4 Å². The zero-order chi connectivity index (χ0) is 21.1. The Morgan fingerprint density at radius 3 is 2.57 bits per heavy atom. The summed E-state index contributed by atoms with van der Waals surface area (Å²) in [5, 5.41) is 17.5. The quantitative estimate of drug-likeness (QED) is 0.540. The van der Waals surface area contributed by atoms with Crippen LogP contribution in [0.15, 0.2) is 42.5 Å². The number of hydrogen-bond acceptors (Lipinski definition) is 6. The minimum atomic E-state index is -0.440. The maximum absolute atomic E-state index is 12.7. The monoisotopic (exact) mass is 409 g/mol. The molecule has 2 fully saturated rings. The number of para-hydroxylation sites is 1. The smallest absolute Gasteiger partial charge is 0.293 e. The molecule has 2 aromatic rings. The molecule has 1 aliphatic heterocycles. The number of benzene rings is 2. The summed E-state index contributed by atoms with van der Waals surface area (Å²) < 4.78 is 0. The lowest BCUT2D eigenvalue weighted by Crippen LogP contribution is -2.45. The molecule has 0 spiro atoms. The van der Waals surface area contributed by atoms with Gasteiger partial charge in [0, 0.05) is 56.1 Å². The van der Waals surface area contributed by atoms with Gasteiger partial charge in [-0.05, 0) is 43.7 Å². The molecule has 0 radical (unpaired) electrons. The highest BCUT2D eigenvalue weighted by molar-refractivity contribution is 5.95. The molecule has 0 bridgehead atoms. The Bertz CT molecular complexity index is 936. The van der Waals surface area contributed by atoms with Crippen molar-refractivity contribution in [3.63, 3.8) is 0 Å². The van der Waals surface area contributed by atoms with Gasteiger partial charge in [-0.25, -0.2) is 0 Å². The van der Waals surface area contributed by atoms with Gasteiger partial charge in [0.1, 0.15) is 5.69 Å². The fraction of sp³-hybridized carbons (Fsp3) is 0.409. The summed E-state index contributed by atoms with van der Waals surface area (Å²) in [5.41, 5.74) is 2.87. The van der Waals surface area contributed by atoms with Crippen LogP contribution in [0.5, 0.6) is 0 Å². The van der Waals surface area contributed by atoms with Crippen LogP contribution in [0.3, 0.4) is 0 Å². The van der Waals surface area contributed by atoms with Gasteiger partial charge in [0.05, 0.1) is 4.92 Å². The molecular formula is C22H27N5O3. The number of carbonyl (C=O) groups excluding carboxylic acids is 1. The normalized spacial score (nSPS) is 16.9. The van der Waals surface area contributed by atoms with E-state index in [1.807, 2.05) is 18.2 Å². The third-order valence-corrected chi connectivity index (χ3v) is 5.67. The maximum Gasteiger partial charge on any atom is 0.293 e. The van der Waals surface area contributed by atoms with Crippen molar-refractivity contribution >= 4 is 23.0 Å². The van der Waals surface area contributed by atoms with Crippen LogP contribution in [0.2, 0.25) is 0 Å². The van der Waals surface area contributed by atoms with Crippen molar-refractivity contribution in [3.05, 3.63) is 63.7 Å². The average molecular weight is 409 g/mol. The molecule has 1 saturated heterocycles. The molecule has 1 aliphatic carbocycles. The summed E-state index contributed by atoms with van der Waals surface area (Å²) in [7, 11) is 2.12. The van der Waals surface area contributed by atoms with Crippen molar-refractivity contribution in [1.29, 1.82) is 0 Å². The van der Waals surface area contributed by atoms with E-state index in [9.17, 15) is 14.9 Å². The molecule has 2 N–H and O–H groups in total.